The molecule has 1 amide bonds. The van der Waals surface area contributed by atoms with Crippen LogP contribution in [0.2, 0.25) is 0 Å². The Kier molecular flexibility index (Phi) is 5.56. The molecule has 1 N–H and O–H groups in total. The number of amides is 1. The number of aromatic nitrogens is 5. The minimum Gasteiger partial charge on any atom is -0.354 e. The van der Waals surface area contributed by atoms with E-state index in [0.29, 0.717) is 23.5 Å². The molecule has 8 heteroatoms. The van der Waals surface area contributed by atoms with Crippen LogP contribution in [-0.4, -0.2) is 37.0 Å². The Bertz CT molecular complexity index is 1260. The van der Waals surface area contributed by atoms with Gasteiger partial charge in [-0.3, -0.25) is 9.59 Å². The highest BCUT2D eigenvalue weighted by Gasteiger charge is 2.13. The third-order valence-electron chi connectivity index (χ3n) is 5.01. The molecule has 0 saturated carbocycles. The lowest BCUT2D eigenvalue weighted by Gasteiger charge is -2.13. The van der Waals surface area contributed by atoms with Gasteiger partial charge >= 0.3 is 0 Å². The molecule has 4 rings (SSSR count). The van der Waals surface area contributed by atoms with Crippen molar-refractivity contribution >= 4 is 27.8 Å². The third kappa shape index (κ3) is 3.94. The first kappa shape index (κ1) is 19.8. The van der Waals surface area contributed by atoms with Gasteiger partial charge in [-0.25, -0.2) is 9.67 Å². The predicted octanol–water partition coefficient (Wildman–Crippen LogP) is 2.47. The largest absolute Gasteiger partial charge is 0.354 e. The topological polar surface area (TPSA) is 94.7 Å². The van der Waals surface area contributed by atoms with Crippen molar-refractivity contribution in [2.75, 3.05) is 6.54 Å². The fourth-order valence-electron chi connectivity index (χ4n) is 3.64. The van der Waals surface area contributed by atoms with Crippen molar-refractivity contribution in [3.63, 3.8) is 0 Å². The highest BCUT2D eigenvalue weighted by atomic mass is 16.2. The minimum absolute atomic E-state index is 0.152. The number of hydrogen-bond acceptors (Lipinski definition) is 5. The first-order valence-corrected chi connectivity index (χ1v) is 10.1. The zero-order valence-electron chi connectivity index (χ0n) is 17.1. The lowest BCUT2D eigenvalue weighted by atomic mass is 10.2. The van der Waals surface area contributed by atoms with Crippen molar-refractivity contribution in [2.45, 2.75) is 39.3 Å². The van der Waals surface area contributed by atoms with Crippen LogP contribution in [0.3, 0.4) is 0 Å². The summed E-state index contributed by atoms with van der Waals surface area (Å²) in [7, 11) is 0. The summed E-state index contributed by atoms with van der Waals surface area (Å²) in [5, 5.41) is 11.2. The van der Waals surface area contributed by atoms with E-state index in [1.54, 1.807) is 24.3 Å². The summed E-state index contributed by atoms with van der Waals surface area (Å²) in [6.45, 7) is 4.63. The van der Waals surface area contributed by atoms with Crippen LogP contribution in [0.5, 0.6) is 0 Å². The lowest BCUT2D eigenvalue weighted by Crippen LogP contribution is -2.34. The molecule has 0 aliphatic carbocycles. The molecule has 0 aliphatic rings. The molecule has 2 aromatic carbocycles. The van der Waals surface area contributed by atoms with E-state index in [1.165, 1.54) is 0 Å². The van der Waals surface area contributed by atoms with Crippen LogP contribution < -0.4 is 10.9 Å². The van der Waals surface area contributed by atoms with Crippen LogP contribution in [-0.2, 0) is 17.8 Å². The Labute approximate surface area is 173 Å². The highest BCUT2D eigenvalue weighted by molar-refractivity contribution is 5.78. The average Bonchev–Trinajstić information content (AvgIpc) is 3.12. The van der Waals surface area contributed by atoms with Crippen LogP contribution in [0.15, 0.2) is 53.3 Å². The zero-order valence-corrected chi connectivity index (χ0v) is 17.1. The van der Waals surface area contributed by atoms with E-state index >= 15 is 0 Å². The molecule has 8 nitrogen and oxygen atoms in total. The van der Waals surface area contributed by atoms with Gasteiger partial charge in [0.2, 0.25) is 5.91 Å². The number of carbonyl (C=O) groups excluding carboxylic acids is 1. The Balaban J connectivity index is 1.36. The first-order chi connectivity index (χ1) is 14.5. The molecule has 0 bridgehead atoms. The molecule has 2 heterocycles. The van der Waals surface area contributed by atoms with Crippen LogP contribution >= 0.6 is 0 Å². The van der Waals surface area contributed by atoms with E-state index in [2.05, 4.69) is 40.1 Å². The van der Waals surface area contributed by atoms with Gasteiger partial charge in [-0.2, -0.15) is 0 Å². The number of nitrogens with zero attached hydrogens (tertiary/aromatic N) is 5. The second-order valence-electron chi connectivity index (χ2n) is 7.50. The number of hydrogen-bond donors (Lipinski definition) is 1. The molecule has 0 spiro atoms. The molecule has 0 radical (unpaired) electrons. The SMILES string of the molecule is CC(C)n1c(CCCNC(=O)Cn2nnc3ccccc3c2=O)nc2ccccc21. The van der Waals surface area contributed by atoms with Crippen molar-refractivity contribution in [3.05, 3.63) is 64.7 Å². The number of carbonyl (C=O) groups is 1. The van der Waals surface area contributed by atoms with E-state index < -0.39 is 0 Å². The summed E-state index contributed by atoms with van der Waals surface area (Å²) in [5.74, 6) is 0.746. The zero-order chi connectivity index (χ0) is 21.1. The fourth-order valence-corrected chi connectivity index (χ4v) is 3.64. The molecule has 2 aromatic heterocycles. The number of aryl methyl sites for hydroxylation is 1. The summed E-state index contributed by atoms with van der Waals surface area (Å²) in [5.41, 5.74) is 2.31. The number of benzene rings is 2. The number of nitrogens with one attached hydrogen (secondary N) is 1. The molecular formula is C22H24N6O2. The second-order valence-corrected chi connectivity index (χ2v) is 7.50. The van der Waals surface area contributed by atoms with Gasteiger partial charge < -0.3 is 9.88 Å². The monoisotopic (exact) mass is 404 g/mol. The Morgan fingerprint density at radius 1 is 1.07 bits per heavy atom. The molecule has 4 aromatic rings. The minimum atomic E-state index is -0.318. The normalized spacial score (nSPS) is 11.4. The van der Waals surface area contributed by atoms with Gasteiger partial charge in [-0.1, -0.05) is 29.5 Å². The number of rotatable bonds is 7. The van der Waals surface area contributed by atoms with Gasteiger partial charge in [0.05, 0.1) is 16.4 Å². The maximum absolute atomic E-state index is 12.4. The summed E-state index contributed by atoms with van der Waals surface area (Å²) < 4.78 is 3.33. The molecular weight excluding hydrogens is 380 g/mol. The van der Waals surface area contributed by atoms with Gasteiger partial charge in [-0.05, 0) is 44.5 Å². The Morgan fingerprint density at radius 2 is 1.80 bits per heavy atom. The van der Waals surface area contributed by atoms with E-state index in [0.717, 1.165) is 34.4 Å². The first-order valence-electron chi connectivity index (χ1n) is 10.1. The number of fused-ring (bicyclic) bond motifs is 2. The van der Waals surface area contributed by atoms with Gasteiger partial charge in [-0.15, -0.1) is 5.10 Å². The van der Waals surface area contributed by atoms with Crippen molar-refractivity contribution in [2.24, 2.45) is 0 Å². The summed E-state index contributed by atoms with van der Waals surface area (Å²) >= 11 is 0. The average molecular weight is 404 g/mol. The van der Waals surface area contributed by atoms with Gasteiger partial charge in [0.25, 0.3) is 5.56 Å². The quantitative estimate of drug-likeness (QED) is 0.478. The molecule has 154 valence electrons. The second kappa shape index (κ2) is 8.44. The van der Waals surface area contributed by atoms with Crippen molar-refractivity contribution in [1.29, 1.82) is 0 Å². The van der Waals surface area contributed by atoms with Crippen LogP contribution in [0.4, 0.5) is 0 Å². The van der Waals surface area contributed by atoms with Crippen LogP contribution in [0.1, 0.15) is 32.1 Å². The lowest BCUT2D eigenvalue weighted by molar-refractivity contribution is -0.121. The maximum atomic E-state index is 12.4. The Morgan fingerprint density at radius 3 is 2.60 bits per heavy atom. The van der Waals surface area contributed by atoms with E-state index in [1.807, 2.05) is 18.2 Å². The molecule has 0 saturated heterocycles. The third-order valence-corrected chi connectivity index (χ3v) is 5.01. The predicted molar refractivity (Wildman–Crippen MR) is 115 cm³/mol. The summed E-state index contributed by atoms with van der Waals surface area (Å²) in [6.07, 6.45) is 1.50. The fraction of sp³-hybridized carbons (Fsp3) is 0.318. The molecule has 0 unspecified atom stereocenters. The van der Waals surface area contributed by atoms with E-state index in [9.17, 15) is 9.59 Å². The van der Waals surface area contributed by atoms with E-state index in [-0.39, 0.29) is 18.0 Å². The number of para-hydroxylation sites is 2. The molecule has 30 heavy (non-hydrogen) atoms. The standard InChI is InChI=1S/C22H24N6O2/c1-15(2)28-19-11-6-5-10-18(19)24-20(28)12-7-13-23-21(29)14-27-22(30)16-8-3-4-9-17(16)25-26-27/h3-6,8-11,15H,7,12-14H2,1-2H3,(H,23,29). The van der Waals surface area contributed by atoms with Gasteiger partial charge in [0.15, 0.2) is 0 Å². The maximum Gasteiger partial charge on any atom is 0.278 e. The molecule has 0 atom stereocenters. The van der Waals surface area contributed by atoms with Crippen molar-refractivity contribution in [3.8, 4) is 0 Å². The summed E-state index contributed by atoms with van der Waals surface area (Å²) in [4.78, 5) is 29.4. The smallest absolute Gasteiger partial charge is 0.278 e. The van der Waals surface area contributed by atoms with Gasteiger partial charge in [0.1, 0.15) is 17.9 Å². The van der Waals surface area contributed by atoms with E-state index in [4.69, 9.17) is 4.98 Å². The molecule has 0 aliphatic heterocycles. The molecule has 0 fully saturated rings. The van der Waals surface area contributed by atoms with Crippen molar-refractivity contribution < 1.29 is 4.79 Å². The van der Waals surface area contributed by atoms with Crippen LogP contribution in [0, 0.1) is 0 Å². The number of imidazole rings is 1. The van der Waals surface area contributed by atoms with Gasteiger partial charge in [0, 0.05) is 19.0 Å². The van der Waals surface area contributed by atoms with Crippen molar-refractivity contribution in [1.82, 2.24) is 29.9 Å². The summed E-state index contributed by atoms with van der Waals surface area (Å²) in [6, 6.07) is 15.4. The Hall–Kier alpha value is -3.55. The highest BCUT2D eigenvalue weighted by Crippen LogP contribution is 2.21. The van der Waals surface area contributed by atoms with Crippen LogP contribution in [0.25, 0.3) is 21.9 Å².